The molecule has 0 saturated carbocycles. The van der Waals surface area contributed by atoms with Crippen molar-refractivity contribution in [3.8, 4) is 0 Å². The lowest BCUT2D eigenvalue weighted by Gasteiger charge is -2.35. The Hall–Kier alpha value is -2.99. The highest BCUT2D eigenvalue weighted by Gasteiger charge is 2.35. The zero-order valence-electron chi connectivity index (χ0n) is 16.2. The second kappa shape index (κ2) is 9.43. The zero-order chi connectivity index (χ0) is 21.8. The van der Waals surface area contributed by atoms with Crippen molar-refractivity contribution >= 4 is 56.2 Å². The van der Waals surface area contributed by atoms with Crippen LogP contribution in [0.15, 0.2) is 54.6 Å². The highest BCUT2D eigenvalue weighted by atomic mass is 32.2. The molecule has 3 atom stereocenters. The van der Waals surface area contributed by atoms with Gasteiger partial charge in [0.15, 0.2) is 5.13 Å². The minimum Gasteiger partial charge on any atom is -0.338 e. The number of nitrogens with zero attached hydrogens (tertiary/aromatic N) is 1. The van der Waals surface area contributed by atoms with Crippen molar-refractivity contribution in [1.82, 2.24) is 20.9 Å². The van der Waals surface area contributed by atoms with E-state index in [1.165, 1.54) is 23.1 Å². The van der Waals surface area contributed by atoms with Crippen LogP contribution in [-0.2, 0) is 9.59 Å². The number of thiazole rings is 1. The SMILES string of the molecule is NC1NC(SCC(=O)Nc2nc3ccccc3s2)NC(=O)C1NC(=O)c1ccccc1. The Balaban J connectivity index is 1.27. The van der Waals surface area contributed by atoms with E-state index in [2.05, 4.69) is 26.3 Å². The van der Waals surface area contributed by atoms with Crippen LogP contribution in [0.2, 0.25) is 0 Å². The lowest BCUT2D eigenvalue weighted by Crippen LogP contribution is -2.70. The third-order valence-corrected chi connectivity index (χ3v) is 6.47. The molecule has 1 aromatic heterocycles. The third-order valence-electron chi connectivity index (χ3n) is 4.50. The van der Waals surface area contributed by atoms with Gasteiger partial charge in [0, 0.05) is 5.56 Å². The van der Waals surface area contributed by atoms with Gasteiger partial charge in [-0.25, -0.2) is 4.98 Å². The fourth-order valence-electron chi connectivity index (χ4n) is 2.99. The molecule has 1 saturated heterocycles. The second-order valence-corrected chi connectivity index (χ2v) is 8.87. The Morgan fingerprint density at radius 2 is 1.87 bits per heavy atom. The van der Waals surface area contributed by atoms with Crippen LogP contribution in [0, 0.1) is 0 Å². The number of thioether (sulfide) groups is 1. The fraction of sp³-hybridized carbons (Fsp3) is 0.200. The maximum atomic E-state index is 12.4. The number of amides is 3. The molecule has 160 valence electrons. The molecule has 2 aromatic carbocycles. The quantitative estimate of drug-likeness (QED) is 0.374. The number of para-hydroxylation sites is 1. The number of nitrogens with one attached hydrogen (secondary N) is 4. The van der Waals surface area contributed by atoms with E-state index < -0.39 is 23.6 Å². The molecule has 31 heavy (non-hydrogen) atoms. The topological polar surface area (TPSA) is 138 Å². The van der Waals surface area contributed by atoms with E-state index in [-0.39, 0.29) is 17.6 Å². The molecule has 11 heteroatoms. The summed E-state index contributed by atoms with van der Waals surface area (Å²) >= 11 is 2.58. The lowest BCUT2D eigenvalue weighted by molar-refractivity contribution is -0.125. The molecule has 0 radical (unpaired) electrons. The Morgan fingerprint density at radius 3 is 2.61 bits per heavy atom. The van der Waals surface area contributed by atoms with E-state index in [0.717, 1.165) is 10.2 Å². The summed E-state index contributed by atoms with van der Waals surface area (Å²) in [4.78, 5) is 41.4. The maximum Gasteiger partial charge on any atom is 0.252 e. The van der Waals surface area contributed by atoms with Crippen molar-refractivity contribution in [2.24, 2.45) is 5.73 Å². The standard InChI is InChI=1S/C20H20N6O3S2/c21-16-15(24-17(28)11-6-2-1-3-7-11)18(29)26-19(25-16)30-10-14(27)23-20-22-12-8-4-5-9-13(12)31-20/h1-9,15-16,19,25H,10,21H2,(H,24,28)(H,26,29)(H,22,23,27). The van der Waals surface area contributed by atoms with Crippen LogP contribution in [0.4, 0.5) is 5.13 Å². The van der Waals surface area contributed by atoms with Crippen molar-refractivity contribution < 1.29 is 14.4 Å². The molecule has 4 rings (SSSR count). The predicted molar refractivity (Wildman–Crippen MR) is 121 cm³/mol. The summed E-state index contributed by atoms with van der Waals surface area (Å²) in [6.07, 6.45) is -0.800. The van der Waals surface area contributed by atoms with Crippen LogP contribution in [0.3, 0.4) is 0 Å². The Bertz CT molecular complexity index is 1070. The predicted octanol–water partition coefficient (Wildman–Crippen LogP) is 1.05. The van der Waals surface area contributed by atoms with E-state index in [1.807, 2.05) is 24.3 Å². The Labute approximate surface area is 186 Å². The van der Waals surface area contributed by atoms with Gasteiger partial charge in [-0.1, -0.05) is 41.7 Å². The molecule has 1 aliphatic rings. The normalized spacial score (nSPS) is 20.8. The van der Waals surface area contributed by atoms with Crippen LogP contribution in [0.25, 0.3) is 10.2 Å². The first-order chi connectivity index (χ1) is 15.0. The highest BCUT2D eigenvalue weighted by molar-refractivity contribution is 8.00. The first kappa shape index (κ1) is 21.2. The third kappa shape index (κ3) is 5.20. The summed E-state index contributed by atoms with van der Waals surface area (Å²) in [6, 6.07) is 15.3. The molecule has 9 nitrogen and oxygen atoms in total. The number of fused-ring (bicyclic) bond motifs is 1. The first-order valence-electron chi connectivity index (χ1n) is 9.44. The molecule has 3 amide bonds. The largest absolute Gasteiger partial charge is 0.338 e. The van der Waals surface area contributed by atoms with E-state index in [1.54, 1.807) is 30.3 Å². The van der Waals surface area contributed by atoms with Crippen molar-refractivity contribution in [2.45, 2.75) is 17.7 Å². The van der Waals surface area contributed by atoms with E-state index in [4.69, 9.17) is 5.73 Å². The summed E-state index contributed by atoms with van der Waals surface area (Å²) in [7, 11) is 0. The number of anilines is 1. The molecule has 2 heterocycles. The molecule has 1 aliphatic heterocycles. The van der Waals surface area contributed by atoms with Crippen molar-refractivity contribution in [1.29, 1.82) is 0 Å². The maximum absolute atomic E-state index is 12.4. The molecule has 0 aliphatic carbocycles. The summed E-state index contributed by atoms with van der Waals surface area (Å²) in [6.45, 7) is 0. The van der Waals surface area contributed by atoms with Crippen molar-refractivity contribution in [2.75, 3.05) is 11.1 Å². The number of rotatable bonds is 6. The highest BCUT2D eigenvalue weighted by Crippen LogP contribution is 2.25. The van der Waals surface area contributed by atoms with Crippen LogP contribution in [0.1, 0.15) is 10.4 Å². The van der Waals surface area contributed by atoms with Crippen LogP contribution in [-0.4, -0.2) is 46.2 Å². The molecular formula is C20H20N6O3S2. The van der Waals surface area contributed by atoms with E-state index >= 15 is 0 Å². The molecule has 6 N–H and O–H groups in total. The summed E-state index contributed by atoms with van der Waals surface area (Å²) in [5.41, 5.74) is 6.75. The van der Waals surface area contributed by atoms with Gasteiger partial charge in [-0.05, 0) is 24.3 Å². The van der Waals surface area contributed by atoms with Gasteiger partial charge in [0.1, 0.15) is 11.5 Å². The Morgan fingerprint density at radius 1 is 1.13 bits per heavy atom. The van der Waals surface area contributed by atoms with Gasteiger partial charge in [0.25, 0.3) is 5.91 Å². The van der Waals surface area contributed by atoms with E-state index in [0.29, 0.717) is 10.7 Å². The fourth-order valence-corrected chi connectivity index (χ4v) is 4.72. The lowest BCUT2D eigenvalue weighted by atomic mass is 10.1. The summed E-state index contributed by atoms with van der Waals surface area (Å²) in [5.74, 6) is -0.964. The van der Waals surface area contributed by atoms with Crippen LogP contribution in [0.5, 0.6) is 0 Å². The molecule has 0 spiro atoms. The number of aromatic nitrogens is 1. The Kier molecular flexibility index (Phi) is 6.47. The molecule has 3 aromatic rings. The zero-order valence-corrected chi connectivity index (χ0v) is 17.8. The number of carbonyl (C=O) groups is 3. The van der Waals surface area contributed by atoms with Gasteiger partial charge in [0.05, 0.1) is 22.1 Å². The molecule has 3 unspecified atom stereocenters. The molecule has 1 fully saturated rings. The smallest absolute Gasteiger partial charge is 0.252 e. The molecule has 0 bridgehead atoms. The van der Waals surface area contributed by atoms with E-state index in [9.17, 15) is 14.4 Å². The molecular weight excluding hydrogens is 436 g/mol. The van der Waals surface area contributed by atoms with Gasteiger partial charge < -0.3 is 21.7 Å². The van der Waals surface area contributed by atoms with Gasteiger partial charge in [-0.15, -0.1) is 11.8 Å². The number of hydrogen-bond donors (Lipinski definition) is 5. The monoisotopic (exact) mass is 456 g/mol. The van der Waals surface area contributed by atoms with Crippen molar-refractivity contribution in [3.05, 3.63) is 60.2 Å². The van der Waals surface area contributed by atoms with Gasteiger partial charge in [-0.3, -0.25) is 19.7 Å². The summed E-state index contributed by atoms with van der Waals surface area (Å²) < 4.78 is 0.987. The van der Waals surface area contributed by atoms with Crippen LogP contribution < -0.4 is 27.0 Å². The summed E-state index contributed by atoms with van der Waals surface area (Å²) in [5, 5.41) is 11.6. The number of carbonyl (C=O) groups excluding carboxylic acids is 3. The minimum absolute atomic E-state index is 0.0850. The van der Waals surface area contributed by atoms with Gasteiger partial charge in [0.2, 0.25) is 11.8 Å². The average Bonchev–Trinajstić information content (AvgIpc) is 3.17. The minimum atomic E-state index is -0.930. The van der Waals surface area contributed by atoms with Gasteiger partial charge >= 0.3 is 0 Å². The van der Waals surface area contributed by atoms with Crippen LogP contribution >= 0.6 is 23.1 Å². The van der Waals surface area contributed by atoms with Gasteiger partial charge in [-0.2, -0.15) is 0 Å². The number of hydrogen-bond acceptors (Lipinski definition) is 8. The average molecular weight is 457 g/mol. The number of benzene rings is 2. The second-order valence-electron chi connectivity index (χ2n) is 6.74. The van der Waals surface area contributed by atoms with Crippen molar-refractivity contribution in [3.63, 3.8) is 0 Å². The first-order valence-corrected chi connectivity index (χ1v) is 11.3. The number of nitrogens with two attached hydrogens (primary N) is 1.